The molecule has 0 saturated carbocycles. The fourth-order valence-electron chi connectivity index (χ4n) is 1.87. The first-order chi connectivity index (χ1) is 7.47. The molecule has 0 fully saturated rings. The highest BCUT2D eigenvalue weighted by Gasteiger charge is 2.20. The summed E-state index contributed by atoms with van der Waals surface area (Å²) in [6.07, 6.45) is 0. The summed E-state index contributed by atoms with van der Waals surface area (Å²) in [6, 6.07) is 3.24. The fraction of sp³-hybridized carbons (Fsp3) is 0.462. The van der Waals surface area contributed by atoms with Crippen LogP contribution in [0.5, 0.6) is 0 Å². The Bertz CT molecular complexity index is 378. The first-order valence-corrected chi connectivity index (χ1v) is 5.43. The van der Waals surface area contributed by atoms with Crippen LogP contribution < -0.4 is 5.32 Å². The quantitative estimate of drug-likeness (QED) is 0.794. The van der Waals surface area contributed by atoms with Gasteiger partial charge in [-0.15, -0.1) is 0 Å². The summed E-state index contributed by atoms with van der Waals surface area (Å²) in [5.41, 5.74) is 1.78. The zero-order valence-corrected chi connectivity index (χ0v) is 10.2. The van der Waals surface area contributed by atoms with E-state index in [1.54, 1.807) is 20.9 Å². The minimum atomic E-state index is -0.412. The number of hydrogen-bond acceptors (Lipinski definition) is 2. The van der Waals surface area contributed by atoms with Crippen LogP contribution in [0.15, 0.2) is 12.1 Å². The first kappa shape index (κ1) is 12.8. The molecular weight excluding hydrogens is 205 g/mol. The van der Waals surface area contributed by atoms with Crippen LogP contribution >= 0.6 is 0 Å². The van der Waals surface area contributed by atoms with E-state index in [2.05, 4.69) is 5.32 Å². The Balaban J connectivity index is 3.08. The second-order valence-electron chi connectivity index (χ2n) is 4.26. The Kier molecular flexibility index (Phi) is 4.19. The lowest BCUT2D eigenvalue weighted by molar-refractivity contribution is 0.0925. The van der Waals surface area contributed by atoms with Gasteiger partial charge in [0.1, 0.15) is 5.82 Å². The molecule has 0 heterocycles. The predicted molar refractivity (Wildman–Crippen MR) is 63.3 cm³/mol. The van der Waals surface area contributed by atoms with Gasteiger partial charge in [-0.1, -0.05) is 13.0 Å². The summed E-state index contributed by atoms with van der Waals surface area (Å²) in [5.74, 6) is -0.754. The van der Waals surface area contributed by atoms with Crippen molar-refractivity contribution >= 4 is 5.78 Å². The first-order valence-electron chi connectivity index (χ1n) is 5.43. The number of carbonyl (C=O) groups is 1. The van der Waals surface area contributed by atoms with Gasteiger partial charge in [-0.05, 0) is 38.1 Å². The largest absolute Gasteiger partial charge is 0.319 e. The monoisotopic (exact) mass is 223 g/mol. The number of carbonyl (C=O) groups excluding carboxylic acids is 1. The van der Waals surface area contributed by atoms with Gasteiger partial charge >= 0.3 is 0 Å². The summed E-state index contributed by atoms with van der Waals surface area (Å²) in [7, 11) is 1.78. The average molecular weight is 223 g/mol. The summed E-state index contributed by atoms with van der Waals surface area (Å²) in [6.45, 7) is 5.96. The second-order valence-corrected chi connectivity index (χ2v) is 4.26. The Morgan fingerprint density at radius 2 is 2.06 bits per heavy atom. The molecule has 1 aromatic carbocycles. The van der Waals surface area contributed by atoms with E-state index in [1.807, 2.05) is 13.0 Å². The van der Waals surface area contributed by atoms with Crippen molar-refractivity contribution < 1.29 is 9.18 Å². The normalized spacial score (nSPS) is 12.6. The van der Waals surface area contributed by atoms with Crippen LogP contribution in [0.2, 0.25) is 0 Å². The predicted octanol–water partition coefficient (Wildman–Crippen LogP) is 2.48. The Labute approximate surface area is 95.9 Å². The SMILES string of the molecule is CNCC(C)C(=O)c1c(C)cc(C)cc1F. The molecule has 0 amide bonds. The smallest absolute Gasteiger partial charge is 0.170 e. The number of rotatable bonds is 4. The van der Waals surface area contributed by atoms with E-state index in [4.69, 9.17) is 0 Å². The molecule has 0 bridgehead atoms. The molecule has 1 N–H and O–H groups in total. The van der Waals surface area contributed by atoms with E-state index in [0.717, 1.165) is 5.56 Å². The molecule has 1 aromatic rings. The van der Waals surface area contributed by atoms with Crippen LogP contribution in [0.25, 0.3) is 0 Å². The van der Waals surface area contributed by atoms with Crippen LogP contribution in [0.4, 0.5) is 4.39 Å². The van der Waals surface area contributed by atoms with Crippen molar-refractivity contribution in [3.8, 4) is 0 Å². The molecular formula is C13H18FNO. The molecule has 0 radical (unpaired) electrons. The third-order valence-corrected chi connectivity index (χ3v) is 2.64. The lowest BCUT2D eigenvalue weighted by Gasteiger charge is -2.13. The van der Waals surface area contributed by atoms with Crippen molar-refractivity contribution in [2.24, 2.45) is 5.92 Å². The van der Waals surface area contributed by atoms with E-state index in [1.165, 1.54) is 6.07 Å². The molecule has 0 aromatic heterocycles. The van der Waals surface area contributed by atoms with E-state index in [9.17, 15) is 9.18 Å². The van der Waals surface area contributed by atoms with E-state index >= 15 is 0 Å². The molecule has 0 aliphatic carbocycles. The number of hydrogen-bond donors (Lipinski definition) is 1. The third kappa shape index (κ3) is 2.67. The van der Waals surface area contributed by atoms with Gasteiger partial charge in [0.05, 0.1) is 5.56 Å². The minimum absolute atomic E-state index is 0.135. The molecule has 2 nitrogen and oxygen atoms in total. The van der Waals surface area contributed by atoms with Gasteiger partial charge in [0, 0.05) is 12.5 Å². The zero-order chi connectivity index (χ0) is 12.3. The maximum absolute atomic E-state index is 13.7. The average Bonchev–Trinajstić information content (AvgIpc) is 2.16. The maximum atomic E-state index is 13.7. The van der Waals surface area contributed by atoms with Gasteiger partial charge in [-0.2, -0.15) is 0 Å². The van der Waals surface area contributed by atoms with Gasteiger partial charge in [0.15, 0.2) is 5.78 Å². The molecule has 0 aliphatic rings. The minimum Gasteiger partial charge on any atom is -0.319 e. The van der Waals surface area contributed by atoms with Gasteiger partial charge in [-0.25, -0.2) is 4.39 Å². The molecule has 1 atom stereocenters. The Hall–Kier alpha value is -1.22. The molecule has 3 heteroatoms. The van der Waals surface area contributed by atoms with Gasteiger partial charge in [-0.3, -0.25) is 4.79 Å². The van der Waals surface area contributed by atoms with E-state index in [-0.39, 0.29) is 17.3 Å². The van der Waals surface area contributed by atoms with Gasteiger partial charge in [0.2, 0.25) is 0 Å². The van der Waals surface area contributed by atoms with Crippen molar-refractivity contribution in [3.63, 3.8) is 0 Å². The standard InChI is InChI=1S/C13H18FNO/c1-8-5-9(2)12(11(14)6-8)13(16)10(3)7-15-4/h5-6,10,15H,7H2,1-4H3. The molecule has 0 spiro atoms. The fourth-order valence-corrected chi connectivity index (χ4v) is 1.87. The lowest BCUT2D eigenvalue weighted by atomic mass is 9.94. The zero-order valence-electron chi connectivity index (χ0n) is 10.2. The van der Waals surface area contributed by atoms with Crippen molar-refractivity contribution in [1.82, 2.24) is 5.32 Å². The van der Waals surface area contributed by atoms with Crippen molar-refractivity contribution in [1.29, 1.82) is 0 Å². The lowest BCUT2D eigenvalue weighted by Crippen LogP contribution is -2.25. The third-order valence-electron chi connectivity index (χ3n) is 2.64. The molecule has 1 rings (SSSR count). The van der Waals surface area contributed by atoms with Crippen molar-refractivity contribution in [3.05, 3.63) is 34.6 Å². The molecule has 1 unspecified atom stereocenters. The van der Waals surface area contributed by atoms with Crippen LogP contribution in [0.3, 0.4) is 0 Å². The number of ketones is 1. The van der Waals surface area contributed by atoms with Crippen molar-refractivity contribution in [2.45, 2.75) is 20.8 Å². The Morgan fingerprint density at radius 1 is 1.44 bits per heavy atom. The topological polar surface area (TPSA) is 29.1 Å². The highest BCUT2D eigenvalue weighted by molar-refractivity contribution is 5.99. The highest BCUT2D eigenvalue weighted by atomic mass is 19.1. The number of halogens is 1. The van der Waals surface area contributed by atoms with Crippen LogP contribution in [-0.4, -0.2) is 19.4 Å². The maximum Gasteiger partial charge on any atom is 0.170 e. The summed E-state index contributed by atoms with van der Waals surface area (Å²) in [5, 5.41) is 2.93. The molecule has 0 aliphatic heterocycles. The van der Waals surface area contributed by atoms with Crippen LogP contribution in [0, 0.1) is 25.6 Å². The number of Topliss-reactive ketones (excluding diaryl/α,β-unsaturated/α-hetero) is 1. The van der Waals surface area contributed by atoms with E-state index < -0.39 is 5.82 Å². The highest BCUT2D eigenvalue weighted by Crippen LogP contribution is 2.19. The van der Waals surface area contributed by atoms with Crippen LogP contribution in [-0.2, 0) is 0 Å². The van der Waals surface area contributed by atoms with E-state index in [0.29, 0.717) is 12.1 Å². The number of aryl methyl sites for hydroxylation is 2. The molecule has 0 saturated heterocycles. The number of benzene rings is 1. The van der Waals surface area contributed by atoms with Crippen LogP contribution in [0.1, 0.15) is 28.4 Å². The molecule has 16 heavy (non-hydrogen) atoms. The number of nitrogens with one attached hydrogen (secondary N) is 1. The summed E-state index contributed by atoms with van der Waals surface area (Å²) in [4.78, 5) is 12.0. The van der Waals surface area contributed by atoms with Gasteiger partial charge in [0.25, 0.3) is 0 Å². The van der Waals surface area contributed by atoms with Crippen molar-refractivity contribution in [2.75, 3.05) is 13.6 Å². The van der Waals surface area contributed by atoms with Gasteiger partial charge < -0.3 is 5.32 Å². The summed E-state index contributed by atoms with van der Waals surface area (Å²) >= 11 is 0. The molecule has 88 valence electrons. The Morgan fingerprint density at radius 3 is 2.56 bits per heavy atom. The summed E-state index contributed by atoms with van der Waals surface area (Å²) < 4.78 is 13.7. The second kappa shape index (κ2) is 5.21.